The van der Waals surface area contributed by atoms with Gasteiger partial charge >= 0.3 is 0 Å². The second-order valence-corrected chi connectivity index (χ2v) is 4.34. The summed E-state index contributed by atoms with van der Waals surface area (Å²) in [6.45, 7) is 2.59. The van der Waals surface area contributed by atoms with Crippen molar-refractivity contribution < 1.29 is 4.74 Å². The summed E-state index contributed by atoms with van der Waals surface area (Å²) >= 11 is 0. The zero-order valence-corrected chi connectivity index (χ0v) is 11.6. The number of hydrogen-bond acceptors (Lipinski definition) is 5. The average Bonchev–Trinajstić information content (AvgIpc) is 2.48. The van der Waals surface area contributed by atoms with Crippen molar-refractivity contribution in [3.05, 3.63) is 35.9 Å². The van der Waals surface area contributed by atoms with Crippen LogP contribution in [0.3, 0.4) is 0 Å². The zero-order valence-electron chi connectivity index (χ0n) is 11.6. The molecule has 0 spiro atoms. The Kier molecular flexibility index (Phi) is 4.51. The molecule has 20 heavy (non-hydrogen) atoms. The monoisotopic (exact) mass is 268 g/mol. The summed E-state index contributed by atoms with van der Waals surface area (Å²) < 4.78 is 5.34. The summed E-state index contributed by atoms with van der Waals surface area (Å²) in [5, 5.41) is 19.8. The number of hydrogen-bond donors (Lipinski definition) is 1. The van der Waals surface area contributed by atoms with Crippen molar-refractivity contribution in [1.82, 2.24) is 10.2 Å². The Bertz CT molecular complexity index is 617. The minimum atomic E-state index is 0.440. The smallest absolute Gasteiger partial charge is 0.148 e. The van der Waals surface area contributed by atoms with Gasteiger partial charge in [-0.05, 0) is 31.2 Å². The van der Waals surface area contributed by atoms with Crippen LogP contribution >= 0.6 is 0 Å². The highest BCUT2D eigenvalue weighted by Gasteiger charge is 2.08. The molecule has 0 bridgehead atoms. The normalized spacial score (nSPS) is 9.85. The van der Waals surface area contributed by atoms with E-state index in [9.17, 15) is 0 Å². The zero-order chi connectivity index (χ0) is 14.4. The molecule has 0 saturated carbocycles. The number of benzene rings is 1. The molecule has 1 aromatic heterocycles. The fraction of sp³-hybridized carbons (Fsp3) is 0.267. The van der Waals surface area contributed by atoms with E-state index in [4.69, 9.17) is 10.00 Å². The van der Waals surface area contributed by atoms with E-state index >= 15 is 0 Å². The van der Waals surface area contributed by atoms with Crippen LogP contribution in [0.1, 0.15) is 12.0 Å². The molecule has 5 heteroatoms. The lowest BCUT2D eigenvalue weighted by atomic mass is 10.1. The Balaban J connectivity index is 2.22. The summed E-state index contributed by atoms with van der Waals surface area (Å²) in [4.78, 5) is 0. The van der Waals surface area contributed by atoms with Crippen LogP contribution in [-0.2, 0) is 0 Å². The van der Waals surface area contributed by atoms with Crippen molar-refractivity contribution in [3.63, 3.8) is 0 Å². The Hall–Kier alpha value is -2.61. The van der Waals surface area contributed by atoms with E-state index in [2.05, 4.69) is 21.6 Å². The molecule has 1 N–H and O–H groups in total. The largest absolute Gasteiger partial charge is 0.496 e. The number of aryl methyl sites for hydroxylation is 1. The molecular weight excluding hydrogens is 252 g/mol. The molecule has 0 radical (unpaired) electrons. The predicted molar refractivity (Wildman–Crippen MR) is 77.5 cm³/mol. The number of aromatic nitrogens is 2. The highest BCUT2D eigenvalue weighted by atomic mass is 16.5. The SMILES string of the molecule is COc1ccc(C)cc1-c1ccc(NCCC#N)nn1. The number of anilines is 1. The molecule has 0 aliphatic heterocycles. The number of rotatable bonds is 5. The third kappa shape index (κ3) is 3.23. The molecule has 0 saturated heterocycles. The lowest BCUT2D eigenvalue weighted by Crippen LogP contribution is -2.03. The first kappa shape index (κ1) is 13.8. The maximum absolute atomic E-state index is 8.48. The maximum atomic E-state index is 8.48. The van der Waals surface area contributed by atoms with Gasteiger partial charge in [0.25, 0.3) is 0 Å². The minimum absolute atomic E-state index is 0.440. The molecule has 0 aliphatic rings. The number of nitrogens with zero attached hydrogens (tertiary/aromatic N) is 3. The van der Waals surface area contributed by atoms with Gasteiger partial charge in [-0.3, -0.25) is 0 Å². The number of ether oxygens (including phenoxy) is 1. The quantitative estimate of drug-likeness (QED) is 0.844. The van der Waals surface area contributed by atoms with Crippen LogP contribution in [-0.4, -0.2) is 23.9 Å². The topological polar surface area (TPSA) is 70.8 Å². The standard InChI is InChI=1S/C15H16N4O/c1-11-4-6-14(20-2)12(10-11)13-5-7-15(19-18-13)17-9-3-8-16/h4-7,10H,3,9H2,1-2H3,(H,17,19). The second-order valence-electron chi connectivity index (χ2n) is 4.34. The van der Waals surface area contributed by atoms with E-state index in [-0.39, 0.29) is 0 Å². The number of nitriles is 1. The first-order valence-electron chi connectivity index (χ1n) is 6.34. The highest BCUT2D eigenvalue weighted by Crippen LogP contribution is 2.29. The van der Waals surface area contributed by atoms with Crippen molar-refractivity contribution in [2.75, 3.05) is 19.0 Å². The van der Waals surface area contributed by atoms with Gasteiger partial charge in [0, 0.05) is 12.1 Å². The van der Waals surface area contributed by atoms with E-state index in [1.54, 1.807) is 7.11 Å². The Morgan fingerprint density at radius 1 is 1.25 bits per heavy atom. The summed E-state index contributed by atoms with van der Waals surface area (Å²) in [6.07, 6.45) is 0.440. The summed E-state index contributed by atoms with van der Waals surface area (Å²) in [5.41, 5.74) is 2.82. The second kappa shape index (κ2) is 6.53. The van der Waals surface area contributed by atoms with Crippen LogP contribution in [0.15, 0.2) is 30.3 Å². The Morgan fingerprint density at radius 3 is 2.75 bits per heavy atom. The van der Waals surface area contributed by atoms with Gasteiger partial charge < -0.3 is 10.1 Å². The minimum Gasteiger partial charge on any atom is -0.496 e. The molecule has 102 valence electrons. The van der Waals surface area contributed by atoms with Crippen molar-refractivity contribution in [3.8, 4) is 23.1 Å². The van der Waals surface area contributed by atoms with Gasteiger partial charge in [-0.15, -0.1) is 10.2 Å². The van der Waals surface area contributed by atoms with E-state index in [0.29, 0.717) is 18.8 Å². The van der Waals surface area contributed by atoms with Crippen molar-refractivity contribution in [1.29, 1.82) is 5.26 Å². The molecule has 0 atom stereocenters. The molecule has 5 nitrogen and oxygen atoms in total. The van der Waals surface area contributed by atoms with E-state index in [0.717, 1.165) is 22.6 Å². The number of methoxy groups -OCH3 is 1. The summed E-state index contributed by atoms with van der Waals surface area (Å²) in [7, 11) is 1.64. The van der Waals surface area contributed by atoms with Crippen molar-refractivity contribution >= 4 is 5.82 Å². The highest BCUT2D eigenvalue weighted by molar-refractivity contribution is 5.68. The van der Waals surface area contributed by atoms with E-state index in [1.165, 1.54) is 0 Å². The predicted octanol–water partition coefficient (Wildman–Crippen LogP) is 2.79. The molecule has 2 aromatic rings. The first-order valence-corrected chi connectivity index (χ1v) is 6.34. The summed E-state index contributed by atoms with van der Waals surface area (Å²) in [5.74, 6) is 1.44. The van der Waals surface area contributed by atoms with Gasteiger partial charge in [0.1, 0.15) is 11.6 Å². The van der Waals surface area contributed by atoms with Crippen LogP contribution in [0.4, 0.5) is 5.82 Å². The van der Waals surface area contributed by atoms with E-state index < -0.39 is 0 Å². The van der Waals surface area contributed by atoms with Crippen LogP contribution in [0.5, 0.6) is 5.75 Å². The van der Waals surface area contributed by atoms with E-state index in [1.807, 2.05) is 37.3 Å². The summed E-state index contributed by atoms with van der Waals surface area (Å²) in [6, 6.07) is 11.7. The average molecular weight is 268 g/mol. The van der Waals surface area contributed by atoms with Gasteiger partial charge in [0.2, 0.25) is 0 Å². The molecule has 2 rings (SSSR count). The van der Waals surface area contributed by atoms with Crippen LogP contribution in [0.2, 0.25) is 0 Å². The molecular formula is C15H16N4O. The molecule has 0 unspecified atom stereocenters. The van der Waals surface area contributed by atoms with Crippen molar-refractivity contribution in [2.45, 2.75) is 13.3 Å². The van der Waals surface area contributed by atoms with Gasteiger partial charge in [-0.1, -0.05) is 11.6 Å². The van der Waals surface area contributed by atoms with Gasteiger partial charge in [-0.2, -0.15) is 5.26 Å². The Morgan fingerprint density at radius 2 is 2.10 bits per heavy atom. The lowest BCUT2D eigenvalue weighted by molar-refractivity contribution is 0.416. The third-order valence-electron chi connectivity index (χ3n) is 2.84. The molecule has 0 fully saturated rings. The first-order chi connectivity index (χ1) is 9.74. The number of nitrogens with one attached hydrogen (secondary N) is 1. The van der Waals surface area contributed by atoms with Crippen LogP contribution in [0, 0.1) is 18.3 Å². The molecule has 0 aliphatic carbocycles. The molecule has 0 amide bonds. The fourth-order valence-electron chi connectivity index (χ4n) is 1.84. The van der Waals surface area contributed by atoms with Crippen molar-refractivity contribution in [2.24, 2.45) is 0 Å². The lowest BCUT2D eigenvalue weighted by Gasteiger charge is -2.09. The van der Waals surface area contributed by atoms with Gasteiger partial charge in [0.05, 0.1) is 25.3 Å². The molecule has 1 heterocycles. The van der Waals surface area contributed by atoms with Crippen LogP contribution in [0.25, 0.3) is 11.3 Å². The van der Waals surface area contributed by atoms with Gasteiger partial charge in [0.15, 0.2) is 0 Å². The third-order valence-corrected chi connectivity index (χ3v) is 2.84. The maximum Gasteiger partial charge on any atom is 0.148 e. The van der Waals surface area contributed by atoms with Crippen LogP contribution < -0.4 is 10.1 Å². The van der Waals surface area contributed by atoms with Gasteiger partial charge in [-0.25, -0.2) is 0 Å². The molecule has 1 aromatic carbocycles. The fourth-order valence-corrected chi connectivity index (χ4v) is 1.84. The Labute approximate surface area is 118 Å².